The number of anilines is 2. The molecule has 30 heavy (non-hydrogen) atoms. The van der Waals surface area contributed by atoms with Gasteiger partial charge in [-0.1, -0.05) is 18.2 Å². The molecule has 10 nitrogen and oxygen atoms in total. The molecule has 0 saturated carbocycles. The highest BCUT2D eigenvalue weighted by Gasteiger charge is 2.30. The Morgan fingerprint density at radius 2 is 1.97 bits per heavy atom. The standard InChI is InChI=1S/C19H17FN8O2/c1-11-19(30)28(14-6-4-3-5-7-14)24-17(21-11)18(29)22-13-8-9-15(20)16(10-13)27-12(2)23-25-26-27/h3-11H,1-2H3,(H,21,24)(H,22,29). The number of benzene rings is 2. The van der Waals surface area contributed by atoms with Gasteiger partial charge in [0.2, 0.25) is 5.84 Å². The molecule has 4 rings (SSSR count). The second-order valence-electron chi connectivity index (χ2n) is 6.53. The Hall–Kier alpha value is -4.15. The van der Waals surface area contributed by atoms with Gasteiger partial charge in [0.1, 0.15) is 17.5 Å². The van der Waals surface area contributed by atoms with Gasteiger partial charge in [0.25, 0.3) is 11.8 Å². The molecule has 1 aliphatic heterocycles. The van der Waals surface area contributed by atoms with Crippen LogP contribution in [0.15, 0.2) is 53.5 Å². The summed E-state index contributed by atoms with van der Waals surface area (Å²) in [6.45, 7) is 3.23. The highest BCUT2D eigenvalue weighted by Crippen LogP contribution is 2.20. The second kappa shape index (κ2) is 7.70. The molecular formula is C19H17FN8O2. The van der Waals surface area contributed by atoms with Gasteiger partial charge < -0.3 is 5.32 Å². The number of carbonyl (C=O) groups is 2. The lowest BCUT2D eigenvalue weighted by atomic mass is 10.2. The fourth-order valence-corrected chi connectivity index (χ4v) is 2.90. The largest absolute Gasteiger partial charge is 0.319 e. The molecule has 2 aromatic carbocycles. The number of hydrogen-bond donors (Lipinski definition) is 2. The number of rotatable bonds is 4. The maximum absolute atomic E-state index is 14.2. The predicted molar refractivity (Wildman–Crippen MR) is 106 cm³/mol. The highest BCUT2D eigenvalue weighted by molar-refractivity contribution is 6.43. The van der Waals surface area contributed by atoms with E-state index in [0.717, 1.165) is 0 Å². The zero-order valence-electron chi connectivity index (χ0n) is 16.1. The van der Waals surface area contributed by atoms with Crippen molar-refractivity contribution in [3.63, 3.8) is 0 Å². The Morgan fingerprint density at radius 3 is 2.67 bits per heavy atom. The lowest BCUT2D eigenvalue weighted by molar-refractivity contribution is -0.120. The topological polar surface area (TPSA) is 117 Å². The molecule has 1 atom stereocenters. The van der Waals surface area contributed by atoms with Gasteiger partial charge in [-0.15, -0.1) is 5.10 Å². The quantitative estimate of drug-likeness (QED) is 0.674. The van der Waals surface area contributed by atoms with Crippen LogP contribution in [-0.2, 0) is 9.59 Å². The molecule has 2 N–H and O–H groups in total. The van der Waals surface area contributed by atoms with Crippen molar-refractivity contribution in [3.05, 3.63) is 60.2 Å². The maximum atomic E-state index is 14.2. The normalized spacial score (nSPS) is 16.1. The van der Waals surface area contributed by atoms with Crippen LogP contribution >= 0.6 is 0 Å². The van der Waals surface area contributed by atoms with Crippen LogP contribution in [0.5, 0.6) is 0 Å². The molecule has 0 saturated heterocycles. The van der Waals surface area contributed by atoms with Crippen molar-refractivity contribution in [2.24, 2.45) is 4.99 Å². The average molecular weight is 408 g/mol. The number of nitrogens with zero attached hydrogens (tertiary/aromatic N) is 6. The van der Waals surface area contributed by atoms with E-state index in [-0.39, 0.29) is 17.4 Å². The highest BCUT2D eigenvalue weighted by atomic mass is 19.1. The molecule has 1 aliphatic rings. The summed E-state index contributed by atoms with van der Waals surface area (Å²) in [4.78, 5) is 29.4. The predicted octanol–water partition coefficient (Wildman–Crippen LogP) is 1.39. The number of aryl methyl sites for hydroxylation is 1. The Labute approximate surface area is 170 Å². The zero-order chi connectivity index (χ0) is 21.3. The van der Waals surface area contributed by atoms with E-state index >= 15 is 0 Å². The van der Waals surface area contributed by atoms with E-state index in [4.69, 9.17) is 0 Å². The summed E-state index contributed by atoms with van der Waals surface area (Å²) < 4.78 is 15.5. The number of nitrogens with one attached hydrogen (secondary N) is 2. The molecule has 3 aromatic rings. The van der Waals surface area contributed by atoms with Crippen molar-refractivity contribution < 1.29 is 14.0 Å². The van der Waals surface area contributed by atoms with Gasteiger partial charge in [0, 0.05) is 5.69 Å². The van der Waals surface area contributed by atoms with Crippen LogP contribution in [0, 0.1) is 12.7 Å². The summed E-state index contributed by atoms with van der Waals surface area (Å²) in [6.07, 6.45) is 0. The van der Waals surface area contributed by atoms with Crippen LogP contribution in [0.2, 0.25) is 0 Å². The van der Waals surface area contributed by atoms with Crippen molar-refractivity contribution in [3.8, 4) is 5.69 Å². The third-order valence-corrected chi connectivity index (χ3v) is 4.41. The molecule has 2 heterocycles. The van der Waals surface area contributed by atoms with Crippen molar-refractivity contribution in [1.82, 2.24) is 25.6 Å². The molecule has 0 radical (unpaired) electrons. The van der Waals surface area contributed by atoms with Gasteiger partial charge in [-0.2, -0.15) is 4.68 Å². The maximum Gasteiger partial charge on any atom is 0.292 e. The van der Waals surface area contributed by atoms with Crippen molar-refractivity contribution in [2.75, 3.05) is 10.3 Å². The number of halogens is 1. The Bertz CT molecular complexity index is 1140. The minimum atomic E-state index is -0.750. The summed E-state index contributed by atoms with van der Waals surface area (Å²) in [5.41, 5.74) is 3.72. The molecule has 152 valence electrons. The molecule has 2 amide bonds. The third-order valence-electron chi connectivity index (χ3n) is 4.41. The number of aliphatic imine (C=N–C) groups is 1. The number of hydrogen-bond acceptors (Lipinski definition) is 7. The van der Waals surface area contributed by atoms with Crippen LogP contribution in [0.3, 0.4) is 0 Å². The summed E-state index contributed by atoms with van der Waals surface area (Å²) in [6, 6.07) is 12.1. The summed E-state index contributed by atoms with van der Waals surface area (Å²) in [7, 11) is 0. The van der Waals surface area contributed by atoms with E-state index in [0.29, 0.717) is 17.2 Å². The smallest absolute Gasteiger partial charge is 0.292 e. The fraction of sp³-hybridized carbons (Fsp3) is 0.158. The SMILES string of the molecule is Cc1nnnn1-c1cc(NC(=O)C2=NC(C)C(=O)N(c3ccccc3)N2)ccc1F. The zero-order valence-corrected chi connectivity index (χ0v) is 16.1. The lowest BCUT2D eigenvalue weighted by Gasteiger charge is -2.30. The number of amides is 2. The fourth-order valence-electron chi connectivity index (χ4n) is 2.90. The minimum Gasteiger partial charge on any atom is -0.319 e. The number of hydrazine groups is 1. The first-order valence-electron chi connectivity index (χ1n) is 9.04. The van der Waals surface area contributed by atoms with Crippen LogP contribution in [0.25, 0.3) is 5.69 Å². The monoisotopic (exact) mass is 408 g/mol. The summed E-state index contributed by atoms with van der Waals surface area (Å²) >= 11 is 0. The molecule has 0 bridgehead atoms. The van der Waals surface area contributed by atoms with Crippen molar-refractivity contribution >= 4 is 29.0 Å². The van der Waals surface area contributed by atoms with Gasteiger partial charge in [-0.3, -0.25) is 15.0 Å². The Balaban J connectivity index is 1.57. The van der Waals surface area contributed by atoms with Crippen molar-refractivity contribution in [1.29, 1.82) is 0 Å². The Morgan fingerprint density at radius 1 is 1.20 bits per heavy atom. The van der Waals surface area contributed by atoms with E-state index in [9.17, 15) is 14.0 Å². The summed E-state index contributed by atoms with van der Waals surface area (Å²) in [5, 5.41) is 14.9. The van der Waals surface area contributed by atoms with E-state index in [1.807, 2.05) is 6.07 Å². The first-order valence-corrected chi connectivity index (χ1v) is 9.04. The minimum absolute atomic E-state index is 0.0459. The van der Waals surface area contributed by atoms with Gasteiger partial charge in [0.15, 0.2) is 5.82 Å². The number of aromatic nitrogens is 4. The first kappa shape index (κ1) is 19.2. The van der Waals surface area contributed by atoms with Crippen LogP contribution in [0.1, 0.15) is 12.7 Å². The van der Waals surface area contributed by atoms with E-state index in [1.165, 1.54) is 27.9 Å². The average Bonchev–Trinajstić information content (AvgIpc) is 3.17. The summed E-state index contributed by atoms with van der Waals surface area (Å²) in [5.74, 6) is -1.08. The van der Waals surface area contributed by atoms with Gasteiger partial charge in [0.05, 0.1) is 5.69 Å². The number of carbonyl (C=O) groups excluding carboxylic acids is 2. The van der Waals surface area contributed by atoms with Crippen LogP contribution in [0.4, 0.5) is 15.8 Å². The molecule has 0 spiro atoms. The molecule has 11 heteroatoms. The molecule has 1 unspecified atom stereocenters. The van der Waals surface area contributed by atoms with E-state index in [1.54, 1.807) is 38.1 Å². The molecular weight excluding hydrogens is 391 g/mol. The Kier molecular flexibility index (Phi) is 4.92. The van der Waals surface area contributed by atoms with Gasteiger partial charge in [-0.05, 0) is 54.6 Å². The third kappa shape index (κ3) is 3.60. The number of para-hydroxylation sites is 1. The van der Waals surface area contributed by atoms with Gasteiger partial charge >= 0.3 is 0 Å². The van der Waals surface area contributed by atoms with Crippen LogP contribution < -0.4 is 15.8 Å². The first-order chi connectivity index (χ1) is 14.4. The number of tetrazole rings is 1. The lowest BCUT2D eigenvalue weighted by Crippen LogP contribution is -2.57. The molecule has 1 aromatic heterocycles. The molecule has 0 aliphatic carbocycles. The molecule has 0 fully saturated rings. The van der Waals surface area contributed by atoms with E-state index in [2.05, 4.69) is 31.3 Å². The van der Waals surface area contributed by atoms with E-state index < -0.39 is 17.8 Å². The van der Waals surface area contributed by atoms with Crippen molar-refractivity contribution in [2.45, 2.75) is 19.9 Å². The number of amidine groups is 1. The van der Waals surface area contributed by atoms with Crippen LogP contribution in [-0.4, -0.2) is 43.9 Å². The van der Waals surface area contributed by atoms with Gasteiger partial charge in [-0.25, -0.2) is 14.4 Å². The second-order valence-corrected chi connectivity index (χ2v) is 6.53.